The molecule has 1 N–H and O–H groups in total. The van der Waals surface area contributed by atoms with Crippen molar-refractivity contribution in [3.63, 3.8) is 0 Å². The van der Waals surface area contributed by atoms with Crippen LogP contribution < -0.4 is 4.74 Å². The highest BCUT2D eigenvalue weighted by atomic mass is 16.5. The van der Waals surface area contributed by atoms with Gasteiger partial charge in [-0.1, -0.05) is 0 Å². The highest BCUT2D eigenvalue weighted by molar-refractivity contribution is 5.58. The van der Waals surface area contributed by atoms with Gasteiger partial charge in [-0.3, -0.25) is 0 Å². The van der Waals surface area contributed by atoms with Crippen LogP contribution in [0.25, 0.3) is 0 Å². The molecule has 2 aliphatic rings. The van der Waals surface area contributed by atoms with E-state index in [1.807, 2.05) is 13.8 Å². The van der Waals surface area contributed by atoms with Crippen molar-refractivity contribution in [1.29, 1.82) is 0 Å². The smallest absolute Gasteiger partial charge is 0.127 e. The number of benzene rings is 1. The molecule has 0 aromatic heterocycles. The van der Waals surface area contributed by atoms with E-state index in [4.69, 9.17) is 4.74 Å². The summed E-state index contributed by atoms with van der Waals surface area (Å²) in [6.07, 6.45) is 4.56. The molecule has 1 fully saturated rings. The second-order valence-corrected chi connectivity index (χ2v) is 5.32. The van der Waals surface area contributed by atoms with Crippen molar-refractivity contribution in [3.8, 4) is 11.5 Å². The van der Waals surface area contributed by atoms with Crippen LogP contribution in [0.2, 0.25) is 0 Å². The third-order valence-electron chi connectivity index (χ3n) is 4.30. The highest BCUT2D eigenvalue weighted by Gasteiger charge is 2.48. The van der Waals surface area contributed by atoms with E-state index < -0.39 is 0 Å². The largest absolute Gasteiger partial charge is 0.507 e. The van der Waals surface area contributed by atoms with Crippen molar-refractivity contribution in [3.05, 3.63) is 22.3 Å². The van der Waals surface area contributed by atoms with Crippen molar-refractivity contribution in [2.75, 3.05) is 0 Å². The Bertz CT molecular complexity index is 470. The molecule has 1 heterocycles. The van der Waals surface area contributed by atoms with Crippen molar-refractivity contribution in [2.24, 2.45) is 0 Å². The van der Waals surface area contributed by atoms with E-state index in [1.54, 1.807) is 0 Å². The third kappa shape index (κ3) is 1.19. The van der Waals surface area contributed by atoms with E-state index in [2.05, 4.69) is 6.92 Å². The molecular formula is C14H18O2. The predicted molar refractivity (Wildman–Crippen MR) is 63.2 cm³/mol. The molecule has 0 radical (unpaired) electrons. The summed E-state index contributed by atoms with van der Waals surface area (Å²) < 4.78 is 6.17. The minimum atomic E-state index is 0.160. The minimum absolute atomic E-state index is 0.160. The van der Waals surface area contributed by atoms with Crippen LogP contribution in [0.5, 0.6) is 11.5 Å². The van der Waals surface area contributed by atoms with Gasteiger partial charge in [-0.05, 0) is 63.1 Å². The Morgan fingerprint density at radius 1 is 1.00 bits per heavy atom. The maximum atomic E-state index is 10.0. The van der Waals surface area contributed by atoms with Crippen LogP contribution in [-0.2, 0) is 6.42 Å². The van der Waals surface area contributed by atoms with Gasteiger partial charge in [0.25, 0.3) is 0 Å². The lowest BCUT2D eigenvalue weighted by molar-refractivity contribution is 0.148. The zero-order valence-electron chi connectivity index (χ0n) is 10.2. The number of aromatic hydroxyl groups is 1. The van der Waals surface area contributed by atoms with Crippen LogP contribution in [0.15, 0.2) is 0 Å². The molecule has 0 unspecified atom stereocenters. The second kappa shape index (κ2) is 2.93. The van der Waals surface area contributed by atoms with Gasteiger partial charge in [0.05, 0.1) is 0 Å². The summed E-state index contributed by atoms with van der Waals surface area (Å²) in [4.78, 5) is 0. The number of fused-ring (bicyclic) bond motifs is 1. The lowest BCUT2D eigenvalue weighted by Crippen LogP contribution is -2.25. The molecule has 1 aliphatic heterocycles. The molecule has 2 heteroatoms. The molecule has 1 aromatic rings. The van der Waals surface area contributed by atoms with Gasteiger partial charge in [-0.25, -0.2) is 0 Å². The van der Waals surface area contributed by atoms with Gasteiger partial charge >= 0.3 is 0 Å². The summed E-state index contributed by atoms with van der Waals surface area (Å²) in [5.74, 6) is 1.50. The number of ether oxygens (including phenoxy) is 1. The van der Waals surface area contributed by atoms with Crippen LogP contribution in [0, 0.1) is 20.8 Å². The molecule has 2 nitrogen and oxygen atoms in total. The van der Waals surface area contributed by atoms with E-state index in [0.717, 1.165) is 35.3 Å². The van der Waals surface area contributed by atoms with Gasteiger partial charge in [-0.15, -0.1) is 0 Å². The molecule has 1 aliphatic carbocycles. The molecule has 0 amide bonds. The van der Waals surface area contributed by atoms with Crippen LogP contribution in [0.4, 0.5) is 0 Å². The Morgan fingerprint density at radius 2 is 1.69 bits per heavy atom. The van der Waals surface area contributed by atoms with Crippen LogP contribution >= 0.6 is 0 Å². The molecule has 0 saturated heterocycles. The lowest BCUT2D eigenvalue weighted by atomic mass is 9.91. The number of hydrogen-bond acceptors (Lipinski definition) is 2. The first kappa shape index (κ1) is 10.0. The van der Waals surface area contributed by atoms with Crippen LogP contribution in [0.3, 0.4) is 0 Å². The highest BCUT2D eigenvalue weighted by Crippen LogP contribution is 2.51. The van der Waals surface area contributed by atoms with Crippen LogP contribution in [0.1, 0.15) is 41.5 Å². The summed E-state index contributed by atoms with van der Waals surface area (Å²) in [7, 11) is 0. The molecule has 1 spiro atoms. The maximum Gasteiger partial charge on any atom is 0.127 e. The fraction of sp³-hybridized carbons (Fsp3) is 0.571. The Morgan fingerprint density at radius 3 is 2.31 bits per heavy atom. The van der Waals surface area contributed by atoms with E-state index in [-0.39, 0.29) is 5.60 Å². The predicted octanol–water partition coefficient (Wildman–Crippen LogP) is 3.18. The monoisotopic (exact) mass is 218 g/mol. The van der Waals surface area contributed by atoms with Crippen LogP contribution in [-0.4, -0.2) is 10.7 Å². The van der Waals surface area contributed by atoms with Crippen molar-refractivity contribution >= 4 is 0 Å². The third-order valence-corrected chi connectivity index (χ3v) is 4.30. The Hall–Kier alpha value is -1.18. The summed E-state index contributed by atoms with van der Waals surface area (Å²) in [6, 6.07) is 0. The normalized spacial score (nSPS) is 20.4. The van der Waals surface area contributed by atoms with Gasteiger partial charge in [0, 0.05) is 5.56 Å². The summed E-state index contributed by atoms with van der Waals surface area (Å²) in [5.41, 5.74) is 4.47. The zero-order valence-corrected chi connectivity index (χ0v) is 10.2. The number of phenolic OH excluding ortho intramolecular Hbond substituents is 1. The molecule has 1 saturated carbocycles. The van der Waals surface area contributed by atoms with E-state index in [0.29, 0.717) is 5.75 Å². The van der Waals surface area contributed by atoms with E-state index in [9.17, 15) is 5.11 Å². The van der Waals surface area contributed by atoms with Crippen molar-refractivity contribution < 1.29 is 9.84 Å². The van der Waals surface area contributed by atoms with Gasteiger partial charge in [0.15, 0.2) is 0 Å². The minimum Gasteiger partial charge on any atom is -0.507 e. The first-order valence-corrected chi connectivity index (χ1v) is 6.05. The number of rotatable bonds is 0. The molecule has 3 rings (SSSR count). The van der Waals surface area contributed by atoms with Crippen molar-refractivity contribution in [2.45, 2.75) is 52.1 Å². The fourth-order valence-corrected chi connectivity index (χ4v) is 2.72. The van der Waals surface area contributed by atoms with Crippen molar-refractivity contribution in [1.82, 2.24) is 0 Å². The van der Waals surface area contributed by atoms with E-state index in [1.165, 1.54) is 18.4 Å². The van der Waals surface area contributed by atoms with Gasteiger partial charge in [0.2, 0.25) is 0 Å². The van der Waals surface area contributed by atoms with E-state index >= 15 is 0 Å². The molecular weight excluding hydrogens is 200 g/mol. The standard InChI is InChI=1S/C14H18O2/c1-8-9(2)13-11(10(3)12(8)15)4-5-14(16-13)6-7-14/h15H,4-7H2,1-3H3. The first-order chi connectivity index (χ1) is 7.54. The number of hydrogen-bond donors (Lipinski definition) is 1. The van der Waals surface area contributed by atoms with Gasteiger partial charge in [-0.2, -0.15) is 0 Å². The Kier molecular flexibility index (Phi) is 1.84. The lowest BCUT2D eigenvalue weighted by Gasteiger charge is -2.30. The second-order valence-electron chi connectivity index (χ2n) is 5.32. The Balaban J connectivity index is 2.19. The molecule has 0 bridgehead atoms. The topological polar surface area (TPSA) is 29.5 Å². The average Bonchev–Trinajstić information content (AvgIpc) is 3.03. The van der Waals surface area contributed by atoms with Gasteiger partial charge < -0.3 is 9.84 Å². The molecule has 0 atom stereocenters. The molecule has 86 valence electrons. The SMILES string of the molecule is Cc1c(C)c2c(c(C)c1O)CCC1(CC1)O2. The molecule has 16 heavy (non-hydrogen) atoms. The quantitative estimate of drug-likeness (QED) is 0.724. The maximum absolute atomic E-state index is 10.0. The summed E-state index contributed by atoms with van der Waals surface area (Å²) in [5, 5.41) is 10.0. The van der Waals surface area contributed by atoms with Gasteiger partial charge in [0.1, 0.15) is 17.1 Å². The summed E-state index contributed by atoms with van der Waals surface area (Å²) >= 11 is 0. The zero-order chi connectivity index (χ0) is 11.5. The summed E-state index contributed by atoms with van der Waals surface area (Å²) in [6.45, 7) is 6.01. The Labute approximate surface area is 96.2 Å². The average molecular weight is 218 g/mol. The number of phenols is 1. The molecule has 1 aromatic carbocycles. The first-order valence-electron chi connectivity index (χ1n) is 6.05. The fourth-order valence-electron chi connectivity index (χ4n) is 2.72.